The fourth-order valence-corrected chi connectivity index (χ4v) is 2.41. The number of benzene rings is 1. The minimum atomic E-state index is -0.516. The van der Waals surface area contributed by atoms with E-state index < -0.39 is 5.25 Å². The van der Waals surface area contributed by atoms with E-state index in [1.165, 1.54) is 0 Å². The van der Waals surface area contributed by atoms with Crippen LogP contribution in [0.3, 0.4) is 0 Å². The molecule has 1 aliphatic rings. The quantitative estimate of drug-likeness (QED) is 0.857. The molecule has 0 spiro atoms. The van der Waals surface area contributed by atoms with Gasteiger partial charge in [0, 0.05) is 12.1 Å². The first-order chi connectivity index (χ1) is 9.08. The van der Waals surface area contributed by atoms with E-state index >= 15 is 0 Å². The fraction of sp³-hybridized carbons (Fsp3) is 0.250. The average Bonchev–Trinajstić information content (AvgIpc) is 2.68. The summed E-state index contributed by atoms with van der Waals surface area (Å²) in [4.78, 5) is 26.7. The Morgan fingerprint density at radius 2 is 2.16 bits per heavy atom. The molecule has 0 saturated heterocycles. The molecule has 0 radical (unpaired) electrons. The first kappa shape index (κ1) is 13.4. The number of aliphatic imine (C=N–C) groups is 1. The molecule has 0 aliphatic carbocycles. The maximum Gasteiger partial charge on any atom is 0.262 e. The Morgan fingerprint density at radius 3 is 2.68 bits per heavy atom. The van der Waals surface area contributed by atoms with E-state index in [0.29, 0.717) is 11.4 Å². The van der Waals surface area contributed by atoms with Crippen LogP contribution in [0.4, 0.5) is 5.69 Å². The highest BCUT2D eigenvalue weighted by atomic mass is 32.2. The van der Waals surface area contributed by atoms with Crippen LogP contribution >= 0.6 is 11.8 Å². The molecule has 0 unspecified atom stereocenters. The first-order valence-corrected chi connectivity index (χ1v) is 6.45. The zero-order chi connectivity index (χ0) is 13.8. The summed E-state index contributed by atoms with van der Waals surface area (Å²) in [6, 6.07) is 6.94. The van der Waals surface area contributed by atoms with Crippen LogP contribution in [0.2, 0.25) is 0 Å². The molecule has 3 N–H and O–H groups in total. The van der Waals surface area contributed by atoms with E-state index in [0.717, 1.165) is 11.8 Å². The molecule has 0 fully saturated rings. The van der Waals surface area contributed by atoms with Crippen molar-refractivity contribution < 1.29 is 14.3 Å². The Kier molecular flexibility index (Phi) is 4.06. The molecule has 1 aliphatic heterocycles. The van der Waals surface area contributed by atoms with E-state index in [1.54, 1.807) is 31.4 Å². The molecule has 2 amide bonds. The minimum Gasteiger partial charge on any atom is -0.497 e. The summed E-state index contributed by atoms with van der Waals surface area (Å²) in [5.41, 5.74) is 6.07. The monoisotopic (exact) mass is 279 g/mol. The van der Waals surface area contributed by atoms with Crippen molar-refractivity contribution in [1.29, 1.82) is 0 Å². The number of anilines is 1. The highest BCUT2D eigenvalue weighted by Gasteiger charge is 2.29. The first-order valence-electron chi connectivity index (χ1n) is 5.57. The minimum absolute atomic E-state index is 0.0553. The molecule has 2 rings (SSSR count). The van der Waals surface area contributed by atoms with Gasteiger partial charge in [0.2, 0.25) is 5.91 Å². The lowest BCUT2D eigenvalue weighted by atomic mass is 10.2. The van der Waals surface area contributed by atoms with Crippen LogP contribution in [0.5, 0.6) is 5.75 Å². The number of ether oxygens (including phenoxy) is 1. The third-order valence-corrected chi connectivity index (χ3v) is 3.49. The number of amides is 2. The van der Waals surface area contributed by atoms with Crippen LogP contribution in [0.25, 0.3) is 0 Å². The van der Waals surface area contributed by atoms with Crippen molar-refractivity contribution in [3.63, 3.8) is 0 Å². The summed E-state index contributed by atoms with van der Waals surface area (Å²) >= 11 is 1.12. The Hall–Kier alpha value is -2.02. The van der Waals surface area contributed by atoms with Gasteiger partial charge in [-0.2, -0.15) is 4.99 Å². The fourth-order valence-electron chi connectivity index (χ4n) is 1.59. The summed E-state index contributed by atoms with van der Waals surface area (Å²) < 4.78 is 5.02. The lowest BCUT2D eigenvalue weighted by Crippen LogP contribution is -2.21. The predicted octanol–water partition coefficient (Wildman–Crippen LogP) is 0.980. The second kappa shape index (κ2) is 5.75. The van der Waals surface area contributed by atoms with Crippen LogP contribution in [-0.4, -0.2) is 29.3 Å². The van der Waals surface area contributed by atoms with Crippen LogP contribution in [0.15, 0.2) is 29.3 Å². The van der Waals surface area contributed by atoms with Crippen molar-refractivity contribution in [2.24, 2.45) is 10.7 Å². The smallest absolute Gasteiger partial charge is 0.262 e. The van der Waals surface area contributed by atoms with Gasteiger partial charge in [-0.05, 0) is 24.3 Å². The van der Waals surface area contributed by atoms with Gasteiger partial charge in [-0.1, -0.05) is 11.8 Å². The highest BCUT2D eigenvalue weighted by Crippen LogP contribution is 2.23. The van der Waals surface area contributed by atoms with Gasteiger partial charge in [-0.15, -0.1) is 0 Å². The zero-order valence-corrected chi connectivity index (χ0v) is 11.1. The number of carbonyl (C=O) groups is 2. The molecule has 1 heterocycles. The maximum absolute atomic E-state index is 11.8. The molecule has 0 saturated carbocycles. The van der Waals surface area contributed by atoms with E-state index in [-0.39, 0.29) is 23.4 Å². The summed E-state index contributed by atoms with van der Waals surface area (Å²) in [5.74, 6) is 0.106. The Morgan fingerprint density at radius 1 is 1.47 bits per heavy atom. The molecule has 1 aromatic carbocycles. The normalized spacial score (nSPS) is 18.1. The number of nitrogens with one attached hydrogen (secondary N) is 1. The number of hydrogen-bond acceptors (Lipinski definition) is 5. The topological polar surface area (TPSA) is 93.8 Å². The van der Waals surface area contributed by atoms with Gasteiger partial charge < -0.3 is 15.8 Å². The number of hydrogen-bond donors (Lipinski definition) is 2. The van der Waals surface area contributed by atoms with Crippen LogP contribution in [-0.2, 0) is 9.59 Å². The van der Waals surface area contributed by atoms with Gasteiger partial charge >= 0.3 is 0 Å². The highest BCUT2D eigenvalue weighted by molar-refractivity contribution is 8.15. The second-order valence-electron chi connectivity index (χ2n) is 3.88. The zero-order valence-electron chi connectivity index (χ0n) is 10.3. The van der Waals surface area contributed by atoms with Gasteiger partial charge in [0.05, 0.1) is 7.11 Å². The van der Waals surface area contributed by atoms with Crippen molar-refractivity contribution in [3.05, 3.63) is 24.3 Å². The van der Waals surface area contributed by atoms with Crippen molar-refractivity contribution in [1.82, 2.24) is 0 Å². The van der Waals surface area contributed by atoms with Crippen LogP contribution in [0, 0.1) is 0 Å². The van der Waals surface area contributed by atoms with Gasteiger partial charge in [0.15, 0.2) is 5.17 Å². The molecule has 6 nitrogen and oxygen atoms in total. The van der Waals surface area contributed by atoms with Gasteiger partial charge in [0.1, 0.15) is 11.0 Å². The van der Waals surface area contributed by atoms with E-state index in [2.05, 4.69) is 10.3 Å². The molecule has 7 heteroatoms. The number of nitrogens with zero attached hydrogens (tertiary/aromatic N) is 1. The number of amidine groups is 1. The SMILES string of the molecule is COc1ccc(NC(=O)C[C@@H]2SC(N)=NC2=O)cc1. The Balaban J connectivity index is 1.89. The lowest BCUT2D eigenvalue weighted by Gasteiger charge is -2.08. The number of nitrogens with two attached hydrogens (primary N) is 1. The van der Waals surface area contributed by atoms with E-state index in [4.69, 9.17) is 10.5 Å². The largest absolute Gasteiger partial charge is 0.497 e. The average molecular weight is 279 g/mol. The molecule has 19 heavy (non-hydrogen) atoms. The van der Waals surface area contributed by atoms with E-state index in [9.17, 15) is 9.59 Å². The standard InChI is InChI=1S/C12H13N3O3S/c1-18-8-4-2-7(3-5-8)14-10(16)6-9-11(17)15-12(13)19-9/h2-5,9H,6H2,1H3,(H,14,16)(H2,13,15,17)/t9-/m0/s1. The Labute approximate surface area is 114 Å². The third kappa shape index (κ3) is 3.47. The van der Waals surface area contributed by atoms with Gasteiger partial charge in [0.25, 0.3) is 5.91 Å². The van der Waals surface area contributed by atoms with Crippen molar-refractivity contribution in [2.45, 2.75) is 11.7 Å². The summed E-state index contributed by atoms with van der Waals surface area (Å²) in [7, 11) is 1.57. The molecular weight excluding hydrogens is 266 g/mol. The summed E-state index contributed by atoms with van der Waals surface area (Å²) in [5, 5.41) is 2.40. The van der Waals surface area contributed by atoms with Crippen molar-refractivity contribution in [3.8, 4) is 5.75 Å². The summed E-state index contributed by atoms with van der Waals surface area (Å²) in [6.45, 7) is 0. The number of carbonyl (C=O) groups excluding carboxylic acids is 2. The van der Waals surface area contributed by atoms with Crippen LogP contribution < -0.4 is 15.8 Å². The molecule has 0 aromatic heterocycles. The molecular formula is C12H13N3O3S. The summed E-state index contributed by atoms with van der Waals surface area (Å²) in [6.07, 6.45) is 0.0553. The van der Waals surface area contributed by atoms with E-state index in [1.807, 2.05) is 0 Å². The molecule has 1 atom stereocenters. The van der Waals surface area contributed by atoms with Crippen molar-refractivity contribution in [2.75, 3.05) is 12.4 Å². The van der Waals surface area contributed by atoms with Crippen molar-refractivity contribution >= 4 is 34.4 Å². The second-order valence-corrected chi connectivity index (χ2v) is 5.10. The van der Waals surface area contributed by atoms with Gasteiger partial charge in [-0.25, -0.2) is 0 Å². The Bertz CT molecular complexity index is 528. The lowest BCUT2D eigenvalue weighted by molar-refractivity contribution is -0.121. The molecule has 100 valence electrons. The predicted molar refractivity (Wildman–Crippen MR) is 74.2 cm³/mol. The third-order valence-electron chi connectivity index (χ3n) is 2.50. The van der Waals surface area contributed by atoms with Gasteiger partial charge in [-0.3, -0.25) is 9.59 Å². The molecule has 1 aromatic rings. The van der Waals surface area contributed by atoms with Crippen LogP contribution in [0.1, 0.15) is 6.42 Å². The maximum atomic E-state index is 11.8. The molecule has 0 bridgehead atoms. The number of methoxy groups -OCH3 is 1. The number of rotatable bonds is 4. The number of thioether (sulfide) groups is 1.